The van der Waals surface area contributed by atoms with Gasteiger partial charge in [-0.1, -0.05) is 0 Å². The number of rotatable bonds is 5. The molecule has 1 saturated heterocycles. The molecule has 2 aromatic carbocycles. The molecule has 3 aromatic rings. The van der Waals surface area contributed by atoms with E-state index in [2.05, 4.69) is 20.9 Å². The summed E-state index contributed by atoms with van der Waals surface area (Å²) in [7, 11) is 2.02. The molecule has 1 amide bonds. The van der Waals surface area contributed by atoms with Crippen molar-refractivity contribution in [3.63, 3.8) is 0 Å². The number of hydrogen-bond acceptors (Lipinski definition) is 8. The second-order valence-electron chi connectivity index (χ2n) is 8.88. The highest BCUT2D eigenvalue weighted by molar-refractivity contribution is 6.00. The Labute approximate surface area is 200 Å². The van der Waals surface area contributed by atoms with Crippen molar-refractivity contribution in [1.29, 1.82) is 0 Å². The maximum atomic E-state index is 15.4. The Morgan fingerprint density at radius 2 is 1.89 bits per heavy atom. The minimum atomic E-state index is -0.665. The molecule has 0 spiro atoms. The minimum absolute atomic E-state index is 0.0935. The average molecular weight is 481 g/mol. The lowest BCUT2D eigenvalue weighted by Crippen LogP contribution is -2.45. The van der Waals surface area contributed by atoms with Crippen LogP contribution >= 0.6 is 0 Å². The Balaban J connectivity index is 1.53. The number of piperazine rings is 1. The van der Waals surface area contributed by atoms with E-state index in [1.807, 2.05) is 23.4 Å². The molecule has 1 unspecified atom stereocenters. The molecule has 1 aromatic heterocycles. The lowest BCUT2D eigenvalue weighted by atomic mass is 10.0. The van der Waals surface area contributed by atoms with Gasteiger partial charge < -0.3 is 19.1 Å². The third-order valence-electron chi connectivity index (χ3n) is 6.50. The first kappa shape index (κ1) is 22.8. The summed E-state index contributed by atoms with van der Waals surface area (Å²) < 4.78 is 23.2. The number of nitrogens with zero attached hydrogens (tertiary/aromatic N) is 4. The summed E-state index contributed by atoms with van der Waals surface area (Å²) in [5, 5.41) is 2.92. The molecule has 0 saturated carbocycles. The van der Waals surface area contributed by atoms with E-state index in [4.69, 9.17) is 4.74 Å². The number of nitroso groups, excluding NO2 is 1. The van der Waals surface area contributed by atoms with Gasteiger partial charge in [0.25, 0.3) is 5.91 Å². The smallest absolute Gasteiger partial charge is 0.275 e. The zero-order valence-corrected chi connectivity index (χ0v) is 19.4. The van der Waals surface area contributed by atoms with Gasteiger partial charge >= 0.3 is 0 Å². The van der Waals surface area contributed by atoms with Gasteiger partial charge in [-0.15, -0.1) is 4.91 Å². The molecule has 2 aliphatic rings. The molecule has 35 heavy (non-hydrogen) atoms. The molecule has 3 heterocycles. The van der Waals surface area contributed by atoms with Crippen LogP contribution in [0.25, 0.3) is 10.9 Å². The zero-order chi connectivity index (χ0) is 24.7. The number of hydrogen-bond donors (Lipinski definition) is 2. The van der Waals surface area contributed by atoms with Crippen LogP contribution in [0.1, 0.15) is 23.3 Å². The predicted octanol–water partition coefficient (Wildman–Crippen LogP) is 3.00. The fourth-order valence-corrected chi connectivity index (χ4v) is 4.50. The lowest BCUT2D eigenvalue weighted by Gasteiger charge is -2.37. The lowest BCUT2D eigenvalue weighted by molar-refractivity contribution is 0.0960. The molecular weight excluding hydrogens is 455 g/mol. The van der Waals surface area contributed by atoms with E-state index in [1.54, 1.807) is 12.1 Å². The van der Waals surface area contributed by atoms with Crippen molar-refractivity contribution in [3.05, 3.63) is 63.0 Å². The third-order valence-corrected chi connectivity index (χ3v) is 6.50. The molecule has 10 nitrogen and oxygen atoms in total. The normalized spacial score (nSPS) is 17.7. The summed E-state index contributed by atoms with van der Waals surface area (Å²) in [5.74, 6) is -0.870. The number of pyridine rings is 1. The van der Waals surface area contributed by atoms with E-state index in [-0.39, 0.29) is 29.3 Å². The van der Waals surface area contributed by atoms with Gasteiger partial charge in [-0.25, -0.2) is 4.39 Å². The molecule has 0 radical (unpaired) electrons. The van der Waals surface area contributed by atoms with Crippen LogP contribution in [-0.2, 0) is 0 Å². The number of aromatic nitrogens is 1. The molecular formula is C24H25FN6O4. The van der Waals surface area contributed by atoms with Crippen LogP contribution in [0.4, 0.5) is 21.5 Å². The van der Waals surface area contributed by atoms with E-state index in [0.29, 0.717) is 35.7 Å². The van der Waals surface area contributed by atoms with Crippen LogP contribution in [-0.4, -0.2) is 55.2 Å². The van der Waals surface area contributed by atoms with Gasteiger partial charge in [-0.3, -0.25) is 20.4 Å². The molecule has 1 atom stereocenters. The van der Waals surface area contributed by atoms with Gasteiger partial charge in [-0.2, -0.15) is 0 Å². The first-order chi connectivity index (χ1) is 16.9. The van der Waals surface area contributed by atoms with Gasteiger partial charge in [0.05, 0.1) is 22.6 Å². The quantitative estimate of drug-likeness (QED) is 0.427. The monoisotopic (exact) mass is 480 g/mol. The number of carbonyl (C=O) groups excluding carboxylic acids is 1. The van der Waals surface area contributed by atoms with Crippen molar-refractivity contribution < 1.29 is 13.9 Å². The van der Waals surface area contributed by atoms with Gasteiger partial charge in [0.2, 0.25) is 5.43 Å². The highest BCUT2D eigenvalue weighted by Gasteiger charge is 2.31. The minimum Gasteiger partial charge on any atom is -0.487 e. The molecule has 2 aliphatic heterocycles. The van der Waals surface area contributed by atoms with Crippen LogP contribution in [0.2, 0.25) is 0 Å². The van der Waals surface area contributed by atoms with E-state index in [1.165, 1.54) is 24.4 Å². The summed E-state index contributed by atoms with van der Waals surface area (Å²) in [4.78, 5) is 40.9. The first-order valence-electron chi connectivity index (χ1n) is 11.3. The van der Waals surface area contributed by atoms with Crippen molar-refractivity contribution in [2.45, 2.75) is 13.0 Å². The van der Waals surface area contributed by atoms with Crippen LogP contribution in [0.15, 0.2) is 46.5 Å². The highest BCUT2D eigenvalue weighted by atomic mass is 19.1. The number of amides is 1. The molecule has 5 rings (SSSR count). The number of halogens is 1. The number of anilines is 2. The van der Waals surface area contributed by atoms with Crippen molar-refractivity contribution in [2.24, 2.45) is 5.18 Å². The Kier molecular flexibility index (Phi) is 5.85. The topological polar surface area (TPSA) is 108 Å². The van der Waals surface area contributed by atoms with Crippen LogP contribution in [0.5, 0.6) is 5.75 Å². The molecule has 11 heteroatoms. The molecule has 1 fully saturated rings. The predicted molar refractivity (Wildman–Crippen MR) is 131 cm³/mol. The molecule has 0 bridgehead atoms. The Bertz CT molecular complexity index is 1370. The van der Waals surface area contributed by atoms with E-state index in [9.17, 15) is 14.5 Å². The third kappa shape index (κ3) is 4.08. The molecule has 0 aliphatic carbocycles. The summed E-state index contributed by atoms with van der Waals surface area (Å²) in [6.07, 6.45) is 1.50. The number of carbonyl (C=O) groups is 1. The van der Waals surface area contributed by atoms with Gasteiger partial charge in [0.1, 0.15) is 23.5 Å². The van der Waals surface area contributed by atoms with Gasteiger partial charge in [0.15, 0.2) is 11.6 Å². The first-order valence-corrected chi connectivity index (χ1v) is 11.3. The van der Waals surface area contributed by atoms with Crippen LogP contribution in [0, 0.1) is 10.7 Å². The molecule has 182 valence electrons. The van der Waals surface area contributed by atoms with Crippen LogP contribution in [0.3, 0.4) is 0 Å². The fourth-order valence-electron chi connectivity index (χ4n) is 4.50. The summed E-state index contributed by atoms with van der Waals surface area (Å²) in [6.45, 7) is 5.07. The Morgan fingerprint density at radius 1 is 1.17 bits per heavy atom. The SMILES string of the molecule is CC1COc2c(N3CCN(C)CC3)c(F)cc3c(=O)c(C(=O)NNc4ccc(N=O)cc4)cn1c23. The summed E-state index contributed by atoms with van der Waals surface area (Å²) in [5.41, 5.74) is 6.09. The Morgan fingerprint density at radius 3 is 2.57 bits per heavy atom. The summed E-state index contributed by atoms with van der Waals surface area (Å²) in [6, 6.07) is 7.15. The number of hydrazine groups is 1. The second-order valence-corrected chi connectivity index (χ2v) is 8.88. The molecule has 2 N–H and O–H groups in total. The van der Waals surface area contributed by atoms with Gasteiger partial charge in [0, 0.05) is 32.4 Å². The van der Waals surface area contributed by atoms with Crippen molar-refractivity contribution in [1.82, 2.24) is 14.9 Å². The van der Waals surface area contributed by atoms with E-state index >= 15 is 4.39 Å². The maximum absolute atomic E-state index is 15.4. The van der Waals surface area contributed by atoms with E-state index in [0.717, 1.165) is 13.1 Å². The van der Waals surface area contributed by atoms with Crippen molar-refractivity contribution in [3.8, 4) is 5.75 Å². The average Bonchev–Trinajstić information content (AvgIpc) is 2.87. The standard InChI is InChI=1S/C24H25FN6O4/c1-14-13-35-23-20-17(11-19(25)21(23)30-9-7-29(2)8-10-30)22(32)18(12-31(14)20)24(33)27-26-15-3-5-16(28-34)6-4-15/h3-6,11-12,14,26H,7-10,13H2,1-2H3,(H,27,33). The number of benzene rings is 2. The van der Waals surface area contributed by atoms with Crippen LogP contribution < -0.4 is 25.9 Å². The van der Waals surface area contributed by atoms with E-state index < -0.39 is 17.2 Å². The fraction of sp³-hybridized carbons (Fsp3) is 0.333. The number of likely N-dealkylation sites (N-methyl/N-ethyl adjacent to an activating group) is 1. The van der Waals surface area contributed by atoms with Crippen molar-refractivity contribution >= 4 is 33.9 Å². The zero-order valence-electron chi connectivity index (χ0n) is 19.4. The summed E-state index contributed by atoms with van der Waals surface area (Å²) >= 11 is 0. The number of ether oxygens (including phenoxy) is 1. The van der Waals surface area contributed by atoms with Crippen molar-refractivity contribution in [2.75, 3.05) is 50.2 Å². The highest BCUT2D eigenvalue weighted by Crippen LogP contribution is 2.42. The Hall–Kier alpha value is -3.99. The van der Waals surface area contributed by atoms with Gasteiger partial charge in [-0.05, 0) is 49.5 Å². The largest absolute Gasteiger partial charge is 0.487 e. The maximum Gasteiger partial charge on any atom is 0.275 e. The number of nitrogens with one attached hydrogen (secondary N) is 2. The second kappa shape index (κ2) is 8.99.